The maximum absolute atomic E-state index is 12.1. The molecule has 2 aromatic carbocycles. The summed E-state index contributed by atoms with van der Waals surface area (Å²) < 4.78 is 37.1. The Morgan fingerprint density at radius 1 is 0.839 bits per heavy atom. The molecule has 2 aromatic rings. The van der Waals surface area contributed by atoms with Crippen molar-refractivity contribution in [2.45, 2.75) is 82.4 Å². The number of benzene rings is 2. The van der Waals surface area contributed by atoms with Gasteiger partial charge in [0.1, 0.15) is 11.5 Å². The van der Waals surface area contributed by atoms with E-state index in [1.165, 1.54) is 63.9 Å². The number of hydrogen-bond acceptors (Lipinski definition) is 4. The van der Waals surface area contributed by atoms with E-state index in [2.05, 4.69) is 6.92 Å². The van der Waals surface area contributed by atoms with E-state index in [0.717, 1.165) is 30.5 Å². The Kier molecular flexibility index (Phi) is 14.2. The van der Waals surface area contributed by atoms with Gasteiger partial charge in [0.05, 0.1) is 4.90 Å². The van der Waals surface area contributed by atoms with Crippen molar-refractivity contribution in [1.82, 2.24) is 0 Å². The molecule has 0 spiro atoms. The largest absolute Gasteiger partial charge is 1.00 e. The third-order valence-electron chi connectivity index (χ3n) is 5.21. The first-order valence-electron chi connectivity index (χ1n) is 11.0. The quantitative estimate of drug-likeness (QED) is 0.259. The summed E-state index contributed by atoms with van der Waals surface area (Å²) in [6.45, 7) is 2.24. The Morgan fingerprint density at radius 3 is 2.00 bits per heavy atom. The Morgan fingerprint density at radius 2 is 1.42 bits per heavy atom. The summed E-state index contributed by atoms with van der Waals surface area (Å²) in [6.07, 6.45) is 13.6. The molecule has 166 valence electrons. The van der Waals surface area contributed by atoms with Crippen molar-refractivity contribution in [3.63, 3.8) is 0 Å². The number of ether oxygens (including phenoxy) is 1. The Bertz CT molecular complexity index is 883. The predicted octanol–water partition coefficient (Wildman–Crippen LogP) is 3.27. The van der Waals surface area contributed by atoms with Crippen LogP contribution in [0.1, 0.15) is 76.7 Å². The fraction of sp³-hybridized carbons (Fsp3) is 0.500. The van der Waals surface area contributed by atoms with E-state index < -0.39 is 20.8 Å². The second-order valence-corrected chi connectivity index (χ2v) is 9.15. The van der Waals surface area contributed by atoms with Crippen LogP contribution in [0.25, 0.3) is 0 Å². The molecule has 0 unspecified atom stereocenters. The van der Waals surface area contributed by atoms with Crippen LogP contribution in [0.3, 0.4) is 0 Å². The van der Waals surface area contributed by atoms with Gasteiger partial charge in [-0.25, -0.2) is 0 Å². The molecular formula is C24H33KO5S. The second-order valence-electron chi connectivity index (χ2n) is 7.73. The average Bonchev–Trinajstić information content (AvgIpc) is 2.71. The van der Waals surface area contributed by atoms with E-state index in [0.29, 0.717) is 5.75 Å². The van der Waals surface area contributed by atoms with Gasteiger partial charge in [-0.3, -0.25) is 4.55 Å². The van der Waals surface area contributed by atoms with Crippen LogP contribution in [-0.2, 0) is 16.5 Å². The van der Waals surface area contributed by atoms with E-state index in [1.807, 2.05) is 24.3 Å². The van der Waals surface area contributed by atoms with Crippen molar-refractivity contribution in [2.75, 3.05) is 0 Å². The van der Waals surface area contributed by atoms with Gasteiger partial charge in [0.2, 0.25) is 0 Å². The first kappa shape index (κ1) is 28.6. The molecule has 0 aliphatic carbocycles. The molecule has 31 heavy (non-hydrogen) atoms. The van der Waals surface area contributed by atoms with Gasteiger partial charge < -0.3 is 9.84 Å². The zero-order valence-corrected chi connectivity index (χ0v) is 22.7. The first-order valence-corrected chi connectivity index (χ1v) is 12.4. The third-order valence-corrected chi connectivity index (χ3v) is 6.05. The average molecular weight is 473 g/mol. The summed E-state index contributed by atoms with van der Waals surface area (Å²) in [5.74, 6) is 0.0573. The van der Waals surface area contributed by atoms with Gasteiger partial charge >= 0.3 is 51.4 Å². The Labute approximate surface area is 229 Å². The Balaban J connectivity index is 0.00000480. The van der Waals surface area contributed by atoms with Crippen molar-refractivity contribution >= 4 is 10.1 Å². The zero-order chi connectivity index (χ0) is 21.8. The molecule has 5 nitrogen and oxygen atoms in total. The van der Waals surface area contributed by atoms with E-state index in [4.69, 9.17) is 9.29 Å². The van der Waals surface area contributed by atoms with E-state index in [-0.39, 0.29) is 57.1 Å². The molecule has 0 fully saturated rings. The van der Waals surface area contributed by atoms with Crippen molar-refractivity contribution < 1.29 is 74.2 Å². The van der Waals surface area contributed by atoms with Gasteiger partial charge in [0, 0.05) is 0 Å². The first-order chi connectivity index (χ1) is 14.4. The minimum Gasteiger partial charge on any atom is -0.870 e. The summed E-state index contributed by atoms with van der Waals surface area (Å²) in [5.41, 5.74) is 1.02. The summed E-state index contributed by atoms with van der Waals surface area (Å²) in [6, 6.07) is 10.9. The van der Waals surface area contributed by atoms with Crippen LogP contribution < -0.4 is 61.2 Å². The Hall–Kier alpha value is -0.414. The molecule has 0 atom stereocenters. The molecule has 0 aliphatic rings. The summed E-state index contributed by atoms with van der Waals surface area (Å²) >= 11 is 0. The second kappa shape index (κ2) is 15.4. The van der Waals surface area contributed by atoms with Crippen molar-refractivity contribution in [2.24, 2.45) is 0 Å². The van der Waals surface area contributed by atoms with Gasteiger partial charge in [0.25, 0.3) is 10.1 Å². The number of hydrogen-bond donors (Lipinski definition) is 1. The van der Waals surface area contributed by atoms with Crippen LogP contribution in [0.5, 0.6) is 17.2 Å². The summed E-state index contributed by atoms with van der Waals surface area (Å²) in [7, 11) is -4.41. The number of aryl methyl sites for hydroxylation is 1. The van der Waals surface area contributed by atoms with Crippen molar-refractivity contribution in [3.05, 3.63) is 48.0 Å². The normalized spacial score (nSPS) is 11.2. The fourth-order valence-electron chi connectivity index (χ4n) is 3.46. The predicted molar refractivity (Wildman–Crippen MR) is 118 cm³/mol. The van der Waals surface area contributed by atoms with E-state index in [1.54, 1.807) is 0 Å². The standard InChI is InChI=1S/C24H34O5S.K/c1-2-3-4-5-6-7-8-9-10-11-14-20-15-12-13-16-23(20)29-24-18-17-21(19-22(24)25)30(26,27)28;/h12-13,15-19,25H,2-11,14H2,1H3,(H,26,27,28);/q;+1/p-1. The van der Waals surface area contributed by atoms with Crippen LogP contribution in [-0.4, -0.2) is 13.0 Å². The van der Waals surface area contributed by atoms with Crippen molar-refractivity contribution in [1.29, 1.82) is 0 Å². The summed E-state index contributed by atoms with van der Waals surface area (Å²) in [4.78, 5) is -0.432. The molecule has 0 aromatic heterocycles. The van der Waals surface area contributed by atoms with Crippen LogP contribution in [0.15, 0.2) is 47.4 Å². The topological polar surface area (TPSA) is 86.7 Å². The fourth-order valence-corrected chi connectivity index (χ4v) is 3.96. The molecule has 0 saturated heterocycles. The minimum atomic E-state index is -4.41. The summed E-state index contributed by atoms with van der Waals surface area (Å²) in [5, 5.41) is 12.1. The van der Waals surface area contributed by atoms with Crippen LogP contribution in [0.2, 0.25) is 0 Å². The number of para-hydroxylation sites is 1. The van der Waals surface area contributed by atoms with Gasteiger partial charge in [-0.1, -0.05) is 88.7 Å². The van der Waals surface area contributed by atoms with Gasteiger partial charge in [-0.2, -0.15) is 8.42 Å². The molecule has 7 heteroatoms. The van der Waals surface area contributed by atoms with Gasteiger partial charge in [-0.15, -0.1) is 0 Å². The minimum absolute atomic E-state index is 0. The molecule has 0 aliphatic heterocycles. The van der Waals surface area contributed by atoms with Crippen LogP contribution in [0, 0.1) is 0 Å². The molecule has 0 saturated carbocycles. The molecule has 0 heterocycles. The number of rotatable bonds is 14. The van der Waals surface area contributed by atoms with Gasteiger partial charge in [0.15, 0.2) is 0 Å². The van der Waals surface area contributed by atoms with Crippen molar-refractivity contribution in [3.8, 4) is 17.2 Å². The molecule has 0 bridgehead atoms. The maximum Gasteiger partial charge on any atom is 1.00 e. The number of unbranched alkanes of at least 4 members (excludes halogenated alkanes) is 9. The maximum atomic E-state index is 12.1. The third kappa shape index (κ3) is 10.8. The molecule has 1 N–H and O–H groups in total. The SMILES string of the molecule is CCCCCCCCCCCCc1ccccc1Oc1ccc(S(=O)(=O)O)cc1[O-].[K+]. The molecular weight excluding hydrogens is 439 g/mol. The zero-order valence-electron chi connectivity index (χ0n) is 18.8. The van der Waals surface area contributed by atoms with E-state index in [9.17, 15) is 13.5 Å². The molecule has 0 amide bonds. The van der Waals surface area contributed by atoms with Crippen LogP contribution in [0.4, 0.5) is 0 Å². The smallest absolute Gasteiger partial charge is 0.870 e. The van der Waals surface area contributed by atoms with Gasteiger partial charge in [-0.05, 0) is 42.7 Å². The molecule has 2 rings (SSSR count). The molecule has 0 radical (unpaired) electrons. The van der Waals surface area contributed by atoms with E-state index >= 15 is 0 Å². The monoisotopic (exact) mass is 472 g/mol. The van der Waals surface area contributed by atoms with Crippen LogP contribution >= 0.6 is 0 Å².